The summed E-state index contributed by atoms with van der Waals surface area (Å²) in [6, 6.07) is 9.12. The Morgan fingerprint density at radius 1 is 1.43 bits per heavy atom. The van der Waals surface area contributed by atoms with Gasteiger partial charge in [0, 0.05) is 11.6 Å². The Bertz CT molecular complexity index is 678. The molecular formula is C16H17N3O2. The molecule has 1 aromatic heterocycles. The summed E-state index contributed by atoms with van der Waals surface area (Å²) in [5.41, 5.74) is 7.89. The first-order valence-electron chi connectivity index (χ1n) is 6.63. The maximum absolute atomic E-state index is 12.0. The fraction of sp³-hybridized carbons (Fsp3) is 0.250. The van der Waals surface area contributed by atoms with Crippen molar-refractivity contribution in [3.05, 3.63) is 52.9 Å². The second-order valence-electron chi connectivity index (χ2n) is 4.66. The predicted molar refractivity (Wildman–Crippen MR) is 79.5 cm³/mol. The van der Waals surface area contributed by atoms with Gasteiger partial charge in [-0.25, -0.2) is 0 Å². The third kappa shape index (κ3) is 3.94. The molecule has 5 nitrogen and oxygen atoms in total. The second kappa shape index (κ2) is 6.73. The lowest BCUT2D eigenvalue weighted by molar-refractivity contribution is 0.0902. The van der Waals surface area contributed by atoms with Crippen LogP contribution in [0.25, 0.3) is 0 Å². The van der Waals surface area contributed by atoms with Gasteiger partial charge < -0.3 is 15.6 Å². The van der Waals surface area contributed by atoms with Crippen molar-refractivity contribution in [2.24, 2.45) is 5.73 Å². The molecule has 0 fully saturated rings. The Morgan fingerprint density at radius 2 is 2.14 bits per heavy atom. The van der Waals surface area contributed by atoms with Gasteiger partial charge in [0.05, 0.1) is 18.3 Å². The van der Waals surface area contributed by atoms with Gasteiger partial charge in [0.15, 0.2) is 0 Å². The Labute approximate surface area is 123 Å². The minimum atomic E-state index is -0.282. The molecule has 0 aliphatic carbocycles. The average Bonchev–Trinajstić information content (AvgIpc) is 2.92. The molecule has 1 aromatic carbocycles. The molecule has 1 unspecified atom stereocenters. The van der Waals surface area contributed by atoms with Crippen LogP contribution >= 0.6 is 0 Å². The van der Waals surface area contributed by atoms with Crippen LogP contribution in [0.2, 0.25) is 0 Å². The molecule has 108 valence electrons. The number of nitrogens with one attached hydrogen (secondary N) is 1. The van der Waals surface area contributed by atoms with E-state index in [9.17, 15) is 4.79 Å². The topological polar surface area (TPSA) is 81.2 Å². The van der Waals surface area contributed by atoms with Crippen molar-refractivity contribution in [3.63, 3.8) is 0 Å². The summed E-state index contributed by atoms with van der Waals surface area (Å²) in [5, 5.41) is 6.56. The summed E-state index contributed by atoms with van der Waals surface area (Å²) in [6.07, 6.45) is 0. The van der Waals surface area contributed by atoms with Gasteiger partial charge in [0.25, 0.3) is 5.91 Å². The van der Waals surface area contributed by atoms with Gasteiger partial charge >= 0.3 is 0 Å². The molecular weight excluding hydrogens is 266 g/mol. The van der Waals surface area contributed by atoms with E-state index in [1.54, 1.807) is 13.0 Å². The zero-order valence-corrected chi connectivity index (χ0v) is 12.0. The third-order valence-electron chi connectivity index (χ3n) is 2.94. The Hall–Kier alpha value is -2.58. The SMILES string of the molecule is Cc1cc(C(=O)NC(C)c2ccc(C#CCN)cc2)on1. The number of aryl methyl sites for hydroxylation is 1. The van der Waals surface area contributed by atoms with E-state index in [0.717, 1.165) is 11.1 Å². The molecule has 1 heterocycles. The molecule has 0 radical (unpaired) electrons. The molecule has 0 aliphatic heterocycles. The Kier molecular flexibility index (Phi) is 4.75. The summed E-state index contributed by atoms with van der Waals surface area (Å²) >= 11 is 0. The monoisotopic (exact) mass is 283 g/mol. The van der Waals surface area contributed by atoms with Crippen LogP contribution in [0.4, 0.5) is 0 Å². The van der Waals surface area contributed by atoms with E-state index in [2.05, 4.69) is 22.3 Å². The lowest BCUT2D eigenvalue weighted by atomic mass is 10.1. The quantitative estimate of drug-likeness (QED) is 0.841. The predicted octanol–water partition coefficient (Wildman–Crippen LogP) is 1.78. The number of hydrogen-bond acceptors (Lipinski definition) is 4. The maximum Gasteiger partial charge on any atom is 0.290 e. The summed E-state index contributed by atoms with van der Waals surface area (Å²) < 4.78 is 4.93. The van der Waals surface area contributed by atoms with Crippen molar-refractivity contribution in [1.29, 1.82) is 0 Å². The molecule has 3 N–H and O–H groups in total. The summed E-state index contributed by atoms with van der Waals surface area (Å²) in [6.45, 7) is 4.01. The zero-order valence-electron chi connectivity index (χ0n) is 12.0. The van der Waals surface area contributed by atoms with Crippen molar-refractivity contribution in [2.75, 3.05) is 6.54 Å². The van der Waals surface area contributed by atoms with E-state index in [4.69, 9.17) is 10.3 Å². The van der Waals surface area contributed by atoms with Crippen molar-refractivity contribution >= 4 is 5.91 Å². The molecule has 1 amide bonds. The molecule has 2 rings (SSSR count). The average molecular weight is 283 g/mol. The van der Waals surface area contributed by atoms with Gasteiger partial charge in [-0.2, -0.15) is 0 Å². The fourth-order valence-electron chi connectivity index (χ4n) is 1.83. The minimum absolute atomic E-state index is 0.139. The standard InChI is InChI=1S/C16H17N3O2/c1-11-10-15(21-19-11)16(20)18-12(2)14-7-5-13(6-8-14)4-3-9-17/h5-8,10,12H,9,17H2,1-2H3,(H,18,20). The van der Waals surface area contributed by atoms with Crippen molar-refractivity contribution in [2.45, 2.75) is 19.9 Å². The van der Waals surface area contributed by atoms with Crippen molar-refractivity contribution < 1.29 is 9.32 Å². The molecule has 1 atom stereocenters. The van der Waals surface area contributed by atoms with E-state index in [-0.39, 0.29) is 17.7 Å². The number of benzene rings is 1. The van der Waals surface area contributed by atoms with Gasteiger partial charge in [-0.15, -0.1) is 0 Å². The van der Waals surface area contributed by atoms with Crippen LogP contribution in [0.5, 0.6) is 0 Å². The van der Waals surface area contributed by atoms with Crippen molar-refractivity contribution in [3.8, 4) is 11.8 Å². The number of carbonyl (C=O) groups is 1. The van der Waals surface area contributed by atoms with Gasteiger partial charge in [-0.1, -0.05) is 29.1 Å². The van der Waals surface area contributed by atoms with E-state index >= 15 is 0 Å². The first-order chi connectivity index (χ1) is 10.1. The number of carbonyl (C=O) groups excluding carboxylic acids is 1. The smallest absolute Gasteiger partial charge is 0.290 e. The van der Waals surface area contributed by atoms with E-state index in [1.807, 2.05) is 31.2 Å². The second-order valence-corrected chi connectivity index (χ2v) is 4.66. The normalized spacial score (nSPS) is 11.4. The van der Waals surface area contributed by atoms with Crippen LogP contribution in [0.15, 0.2) is 34.9 Å². The number of rotatable bonds is 3. The largest absolute Gasteiger partial charge is 0.351 e. The summed E-state index contributed by atoms with van der Waals surface area (Å²) in [5.74, 6) is 5.68. The highest BCUT2D eigenvalue weighted by molar-refractivity contribution is 5.91. The summed E-state index contributed by atoms with van der Waals surface area (Å²) in [7, 11) is 0. The number of nitrogens with zero attached hydrogens (tertiary/aromatic N) is 1. The molecule has 0 spiro atoms. The van der Waals surface area contributed by atoms with Gasteiger partial charge in [-0.3, -0.25) is 4.79 Å². The maximum atomic E-state index is 12.0. The molecule has 0 aliphatic rings. The van der Waals surface area contributed by atoms with Crippen LogP contribution in [0, 0.1) is 18.8 Å². The van der Waals surface area contributed by atoms with Gasteiger partial charge in [0.1, 0.15) is 0 Å². The molecule has 5 heteroatoms. The number of aromatic nitrogens is 1. The number of amides is 1. The highest BCUT2D eigenvalue weighted by atomic mass is 16.5. The van der Waals surface area contributed by atoms with Crippen LogP contribution in [0.1, 0.15) is 40.3 Å². The van der Waals surface area contributed by atoms with E-state index in [1.165, 1.54) is 0 Å². The van der Waals surface area contributed by atoms with Gasteiger partial charge in [-0.05, 0) is 31.5 Å². The number of nitrogens with two attached hydrogens (primary N) is 1. The summed E-state index contributed by atoms with van der Waals surface area (Å²) in [4.78, 5) is 12.0. The fourth-order valence-corrected chi connectivity index (χ4v) is 1.83. The van der Waals surface area contributed by atoms with Crippen LogP contribution in [0.3, 0.4) is 0 Å². The van der Waals surface area contributed by atoms with E-state index in [0.29, 0.717) is 12.2 Å². The highest BCUT2D eigenvalue weighted by Gasteiger charge is 2.15. The molecule has 0 saturated carbocycles. The van der Waals surface area contributed by atoms with E-state index < -0.39 is 0 Å². The molecule has 21 heavy (non-hydrogen) atoms. The lowest BCUT2D eigenvalue weighted by Gasteiger charge is -2.13. The van der Waals surface area contributed by atoms with Gasteiger partial charge in [0.2, 0.25) is 5.76 Å². The lowest BCUT2D eigenvalue weighted by Crippen LogP contribution is -2.26. The Morgan fingerprint density at radius 3 is 2.71 bits per heavy atom. The Balaban J connectivity index is 2.03. The molecule has 2 aromatic rings. The molecule has 0 bridgehead atoms. The van der Waals surface area contributed by atoms with Crippen LogP contribution in [-0.4, -0.2) is 17.6 Å². The highest BCUT2D eigenvalue weighted by Crippen LogP contribution is 2.14. The van der Waals surface area contributed by atoms with Crippen LogP contribution < -0.4 is 11.1 Å². The van der Waals surface area contributed by atoms with Crippen LogP contribution in [-0.2, 0) is 0 Å². The minimum Gasteiger partial charge on any atom is -0.351 e. The zero-order chi connectivity index (χ0) is 15.2. The third-order valence-corrected chi connectivity index (χ3v) is 2.94. The number of hydrogen-bond donors (Lipinski definition) is 2. The first-order valence-corrected chi connectivity index (χ1v) is 6.63. The molecule has 0 saturated heterocycles. The first kappa shape index (κ1) is 14.8. The van der Waals surface area contributed by atoms with Crippen molar-refractivity contribution in [1.82, 2.24) is 10.5 Å².